The molecule has 0 saturated heterocycles. The average Bonchev–Trinajstić information content (AvgIpc) is 2.18. The molecule has 1 aromatic rings. The lowest BCUT2D eigenvalue weighted by molar-refractivity contribution is -0.120. The fraction of sp³-hybridized carbons (Fsp3) is 0.200. The third kappa shape index (κ3) is 3.16. The van der Waals surface area contributed by atoms with E-state index in [-0.39, 0.29) is 12.4 Å². The topological polar surface area (TPSA) is 81.4 Å². The number of benzene rings is 1. The third-order valence-corrected chi connectivity index (χ3v) is 1.79. The molecule has 5 heteroatoms. The van der Waals surface area contributed by atoms with Crippen molar-refractivity contribution in [2.75, 3.05) is 11.9 Å². The van der Waals surface area contributed by atoms with Gasteiger partial charge in [-0.2, -0.15) is 0 Å². The maximum absolute atomic E-state index is 11.2. The normalized spacial score (nSPS) is 9.73. The molecular formula is C10H12N2O3. The van der Waals surface area contributed by atoms with Gasteiger partial charge in [-0.15, -0.1) is 0 Å². The number of carbonyl (C=O) groups excluding carboxylic acids is 2. The Kier molecular flexibility index (Phi) is 3.96. The van der Waals surface area contributed by atoms with Crippen molar-refractivity contribution in [2.45, 2.75) is 6.92 Å². The van der Waals surface area contributed by atoms with Gasteiger partial charge in [-0.1, -0.05) is 12.1 Å². The van der Waals surface area contributed by atoms with Crippen LogP contribution in [0.4, 0.5) is 5.69 Å². The van der Waals surface area contributed by atoms with E-state index in [1.54, 1.807) is 24.3 Å². The van der Waals surface area contributed by atoms with Gasteiger partial charge in [0.1, 0.15) is 6.61 Å². The highest BCUT2D eigenvalue weighted by molar-refractivity contribution is 6.03. The first-order chi connectivity index (χ1) is 7.15. The van der Waals surface area contributed by atoms with Crippen molar-refractivity contribution in [3.8, 4) is 0 Å². The van der Waals surface area contributed by atoms with E-state index in [0.29, 0.717) is 11.3 Å². The van der Waals surface area contributed by atoms with E-state index in [9.17, 15) is 9.59 Å². The van der Waals surface area contributed by atoms with Gasteiger partial charge in [-0.25, -0.2) is 5.90 Å². The molecule has 0 fully saturated rings. The van der Waals surface area contributed by atoms with Crippen molar-refractivity contribution < 1.29 is 14.4 Å². The van der Waals surface area contributed by atoms with Gasteiger partial charge in [0.2, 0.25) is 0 Å². The second-order valence-electron chi connectivity index (χ2n) is 2.96. The van der Waals surface area contributed by atoms with Gasteiger partial charge in [0, 0.05) is 5.56 Å². The number of ketones is 1. The van der Waals surface area contributed by atoms with Crippen molar-refractivity contribution in [3.05, 3.63) is 29.8 Å². The number of Topliss-reactive ketones (excluding diaryl/α,β-unsaturated/α-hetero) is 1. The van der Waals surface area contributed by atoms with E-state index >= 15 is 0 Å². The van der Waals surface area contributed by atoms with Crippen LogP contribution >= 0.6 is 0 Å². The molecule has 0 saturated carbocycles. The third-order valence-electron chi connectivity index (χ3n) is 1.79. The molecule has 1 aromatic carbocycles. The van der Waals surface area contributed by atoms with Gasteiger partial charge in [0.15, 0.2) is 5.78 Å². The summed E-state index contributed by atoms with van der Waals surface area (Å²) in [6.45, 7) is 1.19. The summed E-state index contributed by atoms with van der Waals surface area (Å²) in [7, 11) is 0. The van der Waals surface area contributed by atoms with Gasteiger partial charge in [0.25, 0.3) is 5.91 Å². The Balaban J connectivity index is 2.84. The molecule has 0 aliphatic heterocycles. The van der Waals surface area contributed by atoms with Crippen LogP contribution in [0.2, 0.25) is 0 Å². The Labute approximate surface area is 87.2 Å². The minimum Gasteiger partial charge on any atom is -0.323 e. The smallest absolute Gasteiger partial charge is 0.252 e. The molecule has 15 heavy (non-hydrogen) atoms. The minimum atomic E-state index is -0.397. The monoisotopic (exact) mass is 208 g/mol. The number of para-hydroxylation sites is 1. The molecule has 0 radical (unpaired) electrons. The van der Waals surface area contributed by atoms with Crippen molar-refractivity contribution >= 4 is 17.4 Å². The van der Waals surface area contributed by atoms with Crippen LogP contribution in [0, 0.1) is 0 Å². The van der Waals surface area contributed by atoms with Gasteiger partial charge < -0.3 is 5.32 Å². The Morgan fingerprint density at radius 1 is 1.40 bits per heavy atom. The highest BCUT2D eigenvalue weighted by atomic mass is 16.6. The molecule has 1 rings (SSSR count). The van der Waals surface area contributed by atoms with Crippen LogP contribution in [0.25, 0.3) is 0 Å². The minimum absolute atomic E-state index is 0.112. The van der Waals surface area contributed by atoms with Crippen LogP contribution in [0.1, 0.15) is 17.3 Å². The SMILES string of the molecule is CC(=O)c1ccccc1NC(=O)CON. The standard InChI is InChI=1S/C10H12N2O3/c1-7(13)8-4-2-3-5-9(8)12-10(14)6-15-11/h2-5H,6,11H2,1H3,(H,12,14). The summed E-state index contributed by atoms with van der Waals surface area (Å²) in [5.74, 6) is 4.24. The molecular weight excluding hydrogens is 196 g/mol. The van der Waals surface area contributed by atoms with Crippen LogP contribution in [-0.2, 0) is 9.63 Å². The molecule has 0 unspecified atom stereocenters. The molecule has 0 aromatic heterocycles. The number of hydrogen-bond acceptors (Lipinski definition) is 4. The van der Waals surface area contributed by atoms with Crippen LogP contribution in [-0.4, -0.2) is 18.3 Å². The first kappa shape index (κ1) is 11.4. The van der Waals surface area contributed by atoms with E-state index in [1.165, 1.54) is 6.92 Å². The molecule has 0 heterocycles. The van der Waals surface area contributed by atoms with E-state index < -0.39 is 5.91 Å². The zero-order valence-electron chi connectivity index (χ0n) is 8.32. The second kappa shape index (κ2) is 5.23. The number of nitrogens with one attached hydrogen (secondary N) is 1. The zero-order chi connectivity index (χ0) is 11.3. The molecule has 5 nitrogen and oxygen atoms in total. The number of anilines is 1. The molecule has 0 spiro atoms. The van der Waals surface area contributed by atoms with E-state index in [1.807, 2.05) is 0 Å². The molecule has 0 aliphatic rings. The zero-order valence-corrected chi connectivity index (χ0v) is 8.32. The number of carbonyl (C=O) groups is 2. The molecule has 0 aliphatic carbocycles. The van der Waals surface area contributed by atoms with Crippen molar-refractivity contribution in [1.29, 1.82) is 0 Å². The first-order valence-electron chi connectivity index (χ1n) is 4.36. The highest BCUT2D eigenvalue weighted by Crippen LogP contribution is 2.15. The largest absolute Gasteiger partial charge is 0.323 e. The van der Waals surface area contributed by atoms with Crippen molar-refractivity contribution in [2.24, 2.45) is 5.90 Å². The Hall–Kier alpha value is -1.72. The number of amides is 1. The lowest BCUT2D eigenvalue weighted by atomic mass is 10.1. The summed E-state index contributed by atoms with van der Waals surface area (Å²) < 4.78 is 0. The maximum atomic E-state index is 11.2. The van der Waals surface area contributed by atoms with Crippen LogP contribution in [0.3, 0.4) is 0 Å². The molecule has 3 N–H and O–H groups in total. The second-order valence-corrected chi connectivity index (χ2v) is 2.96. The van der Waals surface area contributed by atoms with Crippen molar-refractivity contribution in [1.82, 2.24) is 0 Å². The number of rotatable bonds is 4. The predicted molar refractivity (Wildman–Crippen MR) is 55.2 cm³/mol. The van der Waals surface area contributed by atoms with E-state index in [4.69, 9.17) is 5.90 Å². The summed E-state index contributed by atoms with van der Waals surface area (Å²) in [4.78, 5) is 26.5. The van der Waals surface area contributed by atoms with Crippen molar-refractivity contribution in [3.63, 3.8) is 0 Å². The average molecular weight is 208 g/mol. The first-order valence-corrected chi connectivity index (χ1v) is 4.36. The summed E-state index contributed by atoms with van der Waals surface area (Å²) in [5, 5.41) is 2.53. The Bertz CT molecular complexity index is 377. The van der Waals surface area contributed by atoms with Crippen LogP contribution in [0.15, 0.2) is 24.3 Å². The molecule has 0 atom stereocenters. The van der Waals surface area contributed by atoms with Gasteiger partial charge in [-0.3, -0.25) is 14.4 Å². The van der Waals surface area contributed by atoms with E-state index in [0.717, 1.165) is 0 Å². The van der Waals surface area contributed by atoms with Crippen LogP contribution in [0.5, 0.6) is 0 Å². The van der Waals surface area contributed by atoms with Gasteiger partial charge in [0.05, 0.1) is 5.69 Å². The summed E-state index contributed by atoms with van der Waals surface area (Å²) in [5.41, 5.74) is 0.926. The van der Waals surface area contributed by atoms with Crippen LogP contribution < -0.4 is 11.2 Å². The Morgan fingerprint density at radius 2 is 2.07 bits per heavy atom. The predicted octanol–water partition coefficient (Wildman–Crippen LogP) is 0.718. The lowest BCUT2D eigenvalue weighted by Gasteiger charge is -2.07. The van der Waals surface area contributed by atoms with E-state index in [2.05, 4.69) is 10.2 Å². The summed E-state index contributed by atoms with van der Waals surface area (Å²) in [6.07, 6.45) is 0. The molecule has 80 valence electrons. The number of nitrogens with two attached hydrogens (primary N) is 1. The highest BCUT2D eigenvalue weighted by Gasteiger charge is 2.08. The summed E-state index contributed by atoms with van der Waals surface area (Å²) in [6, 6.07) is 6.74. The quantitative estimate of drug-likeness (QED) is 0.564. The Morgan fingerprint density at radius 3 is 2.67 bits per heavy atom. The fourth-order valence-electron chi connectivity index (χ4n) is 1.16. The molecule has 0 bridgehead atoms. The maximum Gasteiger partial charge on any atom is 0.252 e. The molecule has 1 amide bonds. The fourth-order valence-corrected chi connectivity index (χ4v) is 1.16. The lowest BCUT2D eigenvalue weighted by Crippen LogP contribution is -2.21. The summed E-state index contributed by atoms with van der Waals surface area (Å²) >= 11 is 0. The van der Waals surface area contributed by atoms with Gasteiger partial charge >= 0.3 is 0 Å². The van der Waals surface area contributed by atoms with Gasteiger partial charge in [-0.05, 0) is 19.1 Å². The number of hydrogen-bond donors (Lipinski definition) is 2.